The minimum absolute atomic E-state index is 0. The van der Waals surface area contributed by atoms with E-state index in [4.69, 9.17) is 0 Å². The van der Waals surface area contributed by atoms with Gasteiger partial charge in [-0.15, -0.1) is 11.1 Å². The van der Waals surface area contributed by atoms with Crippen LogP contribution in [0.4, 0.5) is 0 Å². The standard InChI is InChI=1S/C19H15.C13H10.2ClH.Zr/c1-13-10-16(14-6-2-3-7-14)12-17-11-15-8-4-5-9-18(15)19(13)17;1-3-7-12(8-4-1)11-13-9-5-2-6-10-13;;;/h2-10,14H,11H2,1H3;1-10H;2*1H;/q-1;;;;+2/p-2. The number of hydrogen-bond donors (Lipinski definition) is 0. The van der Waals surface area contributed by atoms with E-state index >= 15 is 0 Å². The molecule has 0 fully saturated rings. The molecule has 0 spiro atoms. The van der Waals surface area contributed by atoms with Crippen molar-refractivity contribution in [1.29, 1.82) is 0 Å². The topological polar surface area (TPSA) is 0 Å². The van der Waals surface area contributed by atoms with Crippen molar-refractivity contribution in [2.24, 2.45) is 0 Å². The zero-order chi connectivity index (χ0) is 22.6. The molecule has 0 heterocycles. The second kappa shape index (κ2) is 12.6. The van der Waals surface area contributed by atoms with Crippen molar-refractivity contribution in [1.82, 2.24) is 0 Å². The molecule has 35 heavy (non-hydrogen) atoms. The van der Waals surface area contributed by atoms with Gasteiger partial charge in [0.15, 0.2) is 0 Å². The molecule has 0 saturated carbocycles. The molecular formula is C32H25Cl2Zr-. The number of hydrogen-bond acceptors (Lipinski definition) is 0. The van der Waals surface area contributed by atoms with Crippen molar-refractivity contribution in [3.05, 3.63) is 155 Å². The Morgan fingerprint density at radius 2 is 1.31 bits per heavy atom. The zero-order valence-corrected chi connectivity index (χ0v) is 23.5. The van der Waals surface area contributed by atoms with Crippen molar-refractivity contribution in [3.63, 3.8) is 0 Å². The van der Waals surface area contributed by atoms with Gasteiger partial charge < -0.3 is 24.8 Å². The van der Waals surface area contributed by atoms with E-state index in [1.54, 1.807) is 0 Å². The number of allylic oxidation sites excluding steroid dienone is 4. The van der Waals surface area contributed by atoms with Gasteiger partial charge in [0.25, 0.3) is 0 Å². The minimum atomic E-state index is 0. The van der Waals surface area contributed by atoms with Crippen LogP contribution in [0.3, 0.4) is 0 Å². The van der Waals surface area contributed by atoms with Crippen LogP contribution < -0.4 is 24.8 Å². The summed E-state index contributed by atoms with van der Waals surface area (Å²) in [4.78, 5) is 0. The molecule has 172 valence electrons. The molecule has 3 heteroatoms. The van der Waals surface area contributed by atoms with Crippen molar-refractivity contribution in [2.45, 2.75) is 19.3 Å². The molecule has 2 aliphatic rings. The molecule has 0 radical (unpaired) electrons. The fourth-order valence-electron chi connectivity index (χ4n) is 4.63. The summed E-state index contributed by atoms with van der Waals surface area (Å²) in [5.74, 6) is 0.410. The van der Waals surface area contributed by atoms with Gasteiger partial charge >= 0.3 is 99.2 Å². The molecule has 0 nitrogen and oxygen atoms in total. The van der Waals surface area contributed by atoms with Crippen LogP contribution in [0.15, 0.2) is 115 Å². The maximum absolute atomic E-state index is 3.65. The molecule has 0 aliphatic heterocycles. The van der Waals surface area contributed by atoms with Crippen LogP contribution in [-0.4, -0.2) is 3.21 Å². The van der Waals surface area contributed by atoms with Crippen LogP contribution >= 0.6 is 0 Å². The summed E-state index contributed by atoms with van der Waals surface area (Å²) < 4.78 is 1.42. The third-order valence-corrected chi connectivity index (χ3v) is 7.67. The average Bonchev–Trinajstić information content (AvgIpc) is 3.53. The summed E-state index contributed by atoms with van der Waals surface area (Å²) in [5, 5.41) is 0. The Kier molecular flexibility index (Phi) is 9.82. The quantitative estimate of drug-likeness (QED) is 0.287. The van der Waals surface area contributed by atoms with Gasteiger partial charge in [-0.25, -0.2) is 0 Å². The molecule has 0 saturated heterocycles. The average molecular weight is 572 g/mol. The Morgan fingerprint density at radius 3 is 1.91 bits per heavy atom. The maximum atomic E-state index is 3.65. The summed E-state index contributed by atoms with van der Waals surface area (Å²) in [6.07, 6.45) is 9.74. The van der Waals surface area contributed by atoms with Gasteiger partial charge in [0.05, 0.1) is 0 Å². The monoisotopic (exact) mass is 569 g/mol. The van der Waals surface area contributed by atoms with Gasteiger partial charge in [-0.05, 0) is 12.3 Å². The number of aryl methyl sites for hydroxylation is 1. The summed E-state index contributed by atoms with van der Waals surface area (Å²) >= 11 is 1.46. The molecule has 0 atom stereocenters. The van der Waals surface area contributed by atoms with E-state index < -0.39 is 0 Å². The number of rotatable bonds is 3. The summed E-state index contributed by atoms with van der Waals surface area (Å²) in [7, 11) is 0. The second-order valence-corrected chi connectivity index (χ2v) is 9.73. The van der Waals surface area contributed by atoms with Gasteiger partial charge in [0.1, 0.15) is 0 Å². The third kappa shape index (κ3) is 6.10. The Balaban J connectivity index is 0.000000193. The fraction of sp³-hybridized carbons (Fsp3) is 0.0938. The number of halogens is 2. The first-order chi connectivity index (χ1) is 16.2. The van der Waals surface area contributed by atoms with Crippen molar-refractivity contribution < 1.29 is 49.0 Å². The van der Waals surface area contributed by atoms with E-state index in [9.17, 15) is 0 Å². The molecule has 0 amide bonds. The second-order valence-electron chi connectivity index (χ2n) is 8.50. The number of fused-ring (bicyclic) bond motifs is 3. The summed E-state index contributed by atoms with van der Waals surface area (Å²) in [6.45, 7) is 2.22. The van der Waals surface area contributed by atoms with Gasteiger partial charge in [0.2, 0.25) is 0 Å². The van der Waals surface area contributed by atoms with E-state index in [1.165, 1.54) is 71.9 Å². The van der Waals surface area contributed by atoms with Gasteiger partial charge in [-0.3, -0.25) is 0 Å². The van der Waals surface area contributed by atoms with Crippen LogP contribution in [0.1, 0.15) is 39.3 Å². The molecule has 0 unspecified atom stereocenters. The van der Waals surface area contributed by atoms with E-state index in [2.05, 4.69) is 128 Å². The Hall–Kier alpha value is -2.31. The first kappa shape index (κ1) is 27.3. The summed E-state index contributed by atoms with van der Waals surface area (Å²) in [5.41, 5.74) is 10.9. The van der Waals surface area contributed by atoms with Crippen molar-refractivity contribution in [3.8, 4) is 11.1 Å². The van der Waals surface area contributed by atoms with E-state index in [1.807, 2.05) is 0 Å². The first-order valence-electron chi connectivity index (χ1n) is 11.4. The Labute approximate surface area is 236 Å². The van der Waals surface area contributed by atoms with Crippen LogP contribution in [0.25, 0.3) is 11.1 Å². The van der Waals surface area contributed by atoms with Crippen molar-refractivity contribution in [2.75, 3.05) is 0 Å². The fourth-order valence-corrected chi connectivity index (χ4v) is 5.45. The van der Waals surface area contributed by atoms with Crippen molar-refractivity contribution >= 4 is 3.21 Å². The molecule has 4 aromatic rings. The molecule has 0 N–H and O–H groups in total. The molecule has 4 aromatic carbocycles. The van der Waals surface area contributed by atoms with Gasteiger partial charge in [-0.2, -0.15) is 23.3 Å². The van der Waals surface area contributed by atoms with Crippen LogP contribution in [0.5, 0.6) is 0 Å². The normalized spacial score (nSPS) is 12.5. The molecule has 2 aliphatic carbocycles. The van der Waals surface area contributed by atoms with Crippen LogP contribution in [0, 0.1) is 13.0 Å². The predicted molar refractivity (Wildman–Crippen MR) is 135 cm³/mol. The Morgan fingerprint density at radius 1 is 0.771 bits per heavy atom. The first-order valence-corrected chi connectivity index (χ1v) is 12.6. The van der Waals surface area contributed by atoms with E-state index in [-0.39, 0.29) is 24.8 Å². The SMILES string of the molecule is Cc1cc(C2C=CC=C2)[c-]c2c1-c1ccccc1C2.[Cl-].[Cl-].[Zr+2]=[C](c1ccccc1)c1ccccc1. The number of benzene rings is 4. The predicted octanol–water partition coefficient (Wildman–Crippen LogP) is 1.39. The van der Waals surface area contributed by atoms with Gasteiger partial charge in [0, 0.05) is 0 Å². The molecule has 0 bridgehead atoms. The van der Waals surface area contributed by atoms with E-state index in [0.717, 1.165) is 6.42 Å². The molecule has 6 rings (SSSR count). The van der Waals surface area contributed by atoms with E-state index in [0.29, 0.717) is 5.92 Å². The van der Waals surface area contributed by atoms with Crippen LogP contribution in [0.2, 0.25) is 0 Å². The van der Waals surface area contributed by atoms with Crippen LogP contribution in [-0.2, 0) is 30.7 Å². The molecule has 0 aromatic heterocycles. The molecular weight excluding hydrogens is 546 g/mol. The third-order valence-electron chi connectivity index (χ3n) is 6.25. The summed E-state index contributed by atoms with van der Waals surface area (Å²) in [6, 6.07) is 35.8. The zero-order valence-electron chi connectivity index (χ0n) is 19.5. The van der Waals surface area contributed by atoms with Gasteiger partial charge in [-0.1, -0.05) is 66.6 Å². The Bertz CT molecular complexity index is 1300.